The zero-order valence-electron chi connectivity index (χ0n) is 19.7. The third-order valence-corrected chi connectivity index (χ3v) is 7.60. The Morgan fingerprint density at radius 2 is 1.94 bits per heavy atom. The van der Waals surface area contributed by atoms with Gasteiger partial charge in [-0.05, 0) is 31.9 Å². The van der Waals surface area contributed by atoms with Gasteiger partial charge in [0, 0.05) is 32.0 Å². The number of nitrogen functional groups attached to an aromatic ring is 1. The molecule has 0 unspecified atom stereocenters. The standard InChI is InChI=1S/C23H31N5O5S/c1-23(2,30)14-28-18(13-33-3)26-20-21(28)16-6-4-15(12-17(16)25-22(20)24)5-7-19(29)27-8-10-34(31,32)11-9-27/h4,6,12,30H,5,7-11,13-14H2,1-3H3,(H2,24,25). The van der Waals surface area contributed by atoms with Crippen molar-refractivity contribution in [2.45, 2.75) is 45.4 Å². The summed E-state index contributed by atoms with van der Waals surface area (Å²) in [6.07, 6.45) is 0.799. The van der Waals surface area contributed by atoms with Crippen molar-refractivity contribution in [1.82, 2.24) is 19.4 Å². The minimum Gasteiger partial charge on any atom is -0.389 e. The van der Waals surface area contributed by atoms with Gasteiger partial charge in [-0.1, -0.05) is 12.1 Å². The van der Waals surface area contributed by atoms with Crippen LogP contribution in [0.1, 0.15) is 31.7 Å². The van der Waals surface area contributed by atoms with Gasteiger partial charge in [0.05, 0.1) is 34.7 Å². The molecule has 0 radical (unpaired) electrons. The molecule has 0 bridgehead atoms. The Balaban J connectivity index is 1.63. The number of aliphatic hydroxyl groups is 1. The van der Waals surface area contributed by atoms with E-state index in [2.05, 4.69) is 9.97 Å². The first-order valence-corrected chi connectivity index (χ1v) is 13.1. The lowest BCUT2D eigenvalue weighted by atomic mass is 10.0. The number of imidazole rings is 1. The average Bonchev–Trinajstić information content (AvgIpc) is 3.09. The van der Waals surface area contributed by atoms with Crippen molar-refractivity contribution in [1.29, 1.82) is 0 Å². The molecular formula is C23H31N5O5S. The maximum Gasteiger partial charge on any atom is 0.222 e. The molecule has 3 aromatic rings. The molecule has 2 aromatic heterocycles. The third kappa shape index (κ3) is 5.16. The second kappa shape index (κ2) is 9.12. The Labute approximate surface area is 198 Å². The van der Waals surface area contributed by atoms with Crippen molar-refractivity contribution >= 4 is 43.5 Å². The van der Waals surface area contributed by atoms with Crippen LogP contribution in [-0.4, -0.2) is 76.2 Å². The molecule has 1 aromatic carbocycles. The number of sulfone groups is 1. The summed E-state index contributed by atoms with van der Waals surface area (Å²) in [5.41, 5.74) is 8.24. The molecule has 11 heteroatoms. The van der Waals surface area contributed by atoms with Crippen molar-refractivity contribution in [3.8, 4) is 0 Å². The van der Waals surface area contributed by atoms with Crippen LogP contribution in [0.2, 0.25) is 0 Å². The maximum atomic E-state index is 12.6. The van der Waals surface area contributed by atoms with Crippen molar-refractivity contribution in [3.05, 3.63) is 29.6 Å². The maximum absolute atomic E-state index is 12.6. The molecule has 3 heterocycles. The molecule has 0 aliphatic carbocycles. The molecule has 1 aliphatic rings. The van der Waals surface area contributed by atoms with Crippen molar-refractivity contribution in [3.63, 3.8) is 0 Å². The molecule has 184 valence electrons. The number of anilines is 1. The summed E-state index contributed by atoms with van der Waals surface area (Å²) < 4.78 is 30.4. The molecule has 1 saturated heterocycles. The highest BCUT2D eigenvalue weighted by Gasteiger charge is 2.25. The van der Waals surface area contributed by atoms with Gasteiger partial charge in [-0.2, -0.15) is 0 Å². The first-order valence-electron chi connectivity index (χ1n) is 11.2. The van der Waals surface area contributed by atoms with Crippen LogP contribution in [0.5, 0.6) is 0 Å². The number of carbonyl (C=O) groups is 1. The Morgan fingerprint density at radius 3 is 2.59 bits per heavy atom. The molecule has 34 heavy (non-hydrogen) atoms. The lowest BCUT2D eigenvalue weighted by Gasteiger charge is -2.26. The number of methoxy groups -OCH3 is 1. The van der Waals surface area contributed by atoms with Crippen molar-refractivity contribution in [2.75, 3.05) is 37.4 Å². The second-order valence-electron chi connectivity index (χ2n) is 9.44. The van der Waals surface area contributed by atoms with Crippen LogP contribution in [-0.2, 0) is 38.9 Å². The SMILES string of the molecule is COCc1nc2c(N)nc3cc(CCC(=O)N4CCS(=O)(=O)CC4)ccc3c2n1CC(C)(C)O. The van der Waals surface area contributed by atoms with Crippen LogP contribution in [0.25, 0.3) is 21.9 Å². The number of aromatic nitrogens is 3. The molecular weight excluding hydrogens is 458 g/mol. The predicted molar refractivity (Wildman–Crippen MR) is 130 cm³/mol. The van der Waals surface area contributed by atoms with E-state index in [0.717, 1.165) is 16.5 Å². The van der Waals surface area contributed by atoms with Crippen LogP contribution in [0.3, 0.4) is 0 Å². The molecule has 0 saturated carbocycles. The number of benzene rings is 1. The smallest absolute Gasteiger partial charge is 0.222 e. The summed E-state index contributed by atoms with van der Waals surface area (Å²) in [5, 5.41) is 11.3. The molecule has 10 nitrogen and oxygen atoms in total. The third-order valence-electron chi connectivity index (χ3n) is 5.99. The van der Waals surface area contributed by atoms with E-state index >= 15 is 0 Å². The zero-order valence-corrected chi connectivity index (χ0v) is 20.6. The number of aryl methyl sites for hydroxylation is 1. The topological polar surface area (TPSA) is 141 Å². The average molecular weight is 490 g/mol. The highest BCUT2D eigenvalue weighted by Crippen LogP contribution is 2.31. The molecule has 1 aliphatic heterocycles. The van der Waals surface area contributed by atoms with E-state index in [1.807, 2.05) is 22.8 Å². The molecule has 4 rings (SSSR count). The fourth-order valence-electron chi connectivity index (χ4n) is 4.33. The first-order chi connectivity index (χ1) is 16.0. The van der Waals surface area contributed by atoms with Gasteiger partial charge in [-0.25, -0.2) is 18.4 Å². The van der Waals surface area contributed by atoms with Gasteiger partial charge in [0.1, 0.15) is 17.9 Å². The van der Waals surface area contributed by atoms with Crippen LogP contribution in [0.15, 0.2) is 18.2 Å². The van der Waals surface area contributed by atoms with Gasteiger partial charge < -0.3 is 25.0 Å². The second-order valence-corrected chi connectivity index (χ2v) is 11.7. The number of nitrogens with two attached hydrogens (primary N) is 1. The van der Waals surface area contributed by atoms with Crippen molar-refractivity contribution < 1.29 is 23.1 Å². The number of carbonyl (C=O) groups excluding carboxylic acids is 1. The molecule has 0 atom stereocenters. The monoisotopic (exact) mass is 489 g/mol. The predicted octanol–water partition coefficient (Wildman–Crippen LogP) is 1.27. The summed E-state index contributed by atoms with van der Waals surface area (Å²) in [6, 6.07) is 5.80. The van der Waals surface area contributed by atoms with E-state index < -0.39 is 15.4 Å². The number of hydrogen-bond donors (Lipinski definition) is 2. The number of rotatable bonds is 7. The largest absolute Gasteiger partial charge is 0.389 e. The first kappa shape index (κ1) is 24.4. The number of amides is 1. The quantitative estimate of drug-likeness (QED) is 0.506. The molecule has 0 spiro atoms. The number of nitrogens with zero attached hydrogens (tertiary/aromatic N) is 4. The fourth-order valence-corrected chi connectivity index (χ4v) is 5.53. The lowest BCUT2D eigenvalue weighted by molar-refractivity contribution is -0.130. The number of ether oxygens (including phenoxy) is 1. The van der Waals surface area contributed by atoms with E-state index in [1.165, 1.54) is 0 Å². The van der Waals surface area contributed by atoms with Gasteiger partial charge in [-0.15, -0.1) is 0 Å². The van der Waals surface area contributed by atoms with E-state index in [4.69, 9.17) is 10.5 Å². The Morgan fingerprint density at radius 1 is 1.24 bits per heavy atom. The van der Waals surface area contributed by atoms with E-state index in [1.54, 1.807) is 25.9 Å². The minimum absolute atomic E-state index is 0.0251. The van der Waals surface area contributed by atoms with Gasteiger partial charge in [0.15, 0.2) is 15.7 Å². The summed E-state index contributed by atoms with van der Waals surface area (Å²) >= 11 is 0. The Hall–Kier alpha value is -2.76. The lowest BCUT2D eigenvalue weighted by Crippen LogP contribution is -2.43. The minimum atomic E-state index is -3.02. The molecule has 1 amide bonds. The summed E-state index contributed by atoms with van der Waals surface area (Å²) in [6.45, 7) is 4.55. The van der Waals surface area contributed by atoms with Crippen molar-refractivity contribution in [2.24, 2.45) is 0 Å². The van der Waals surface area contributed by atoms with Gasteiger partial charge in [-0.3, -0.25) is 4.79 Å². The summed E-state index contributed by atoms with van der Waals surface area (Å²) in [5.74, 6) is 0.940. The number of fused-ring (bicyclic) bond motifs is 3. The Kier molecular flexibility index (Phi) is 6.54. The van der Waals surface area contributed by atoms with E-state index in [-0.39, 0.29) is 49.3 Å². The van der Waals surface area contributed by atoms with Gasteiger partial charge in [0.25, 0.3) is 0 Å². The molecule has 1 fully saturated rings. The highest BCUT2D eigenvalue weighted by molar-refractivity contribution is 7.91. The number of pyridine rings is 1. The van der Waals surface area contributed by atoms with E-state index in [9.17, 15) is 18.3 Å². The molecule has 3 N–H and O–H groups in total. The number of hydrogen-bond acceptors (Lipinski definition) is 8. The van der Waals surface area contributed by atoms with Crippen LogP contribution < -0.4 is 5.73 Å². The van der Waals surface area contributed by atoms with Crippen LogP contribution in [0, 0.1) is 0 Å². The summed E-state index contributed by atoms with van der Waals surface area (Å²) in [4.78, 5) is 23.4. The van der Waals surface area contributed by atoms with E-state index in [0.29, 0.717) is 29.8 Å². The van der Waals surface area contributed by atoms with Gasteiger partial charge >= 0.3 is 0 Å². The highest BCUT2D eigenvalue weighted by atomic mass is 32.2. The van der Waals surface area contributed by atoms with Crippen LogP contribution in [0.4, 0.5) is 5.82 Å². The van der Waals surface area contributed by atoms with Crippen LogP contribution >= 0.6 is 0 Å². The fraction of sp³-hybridized carbons (Fsp3) is 0.522. The zero-order chi connectivity index (χ0) is 24.7. The summed E-state index contributed by atoms with van der Waals surface area (Å²) in [7, 11) is -1.44. The van der Waals surface area contributed by atoms with Gasteiger partial charge in [0.2, 0.25) is 5.91 Å². The normalized spacial score (nSPS) is 16.4. The Bertz CT molecular complexity index is 1330.